The van der Waals surface area contributed by atoms with Gasteiger partial charge in [0.2, 0.25) is 0 Å². The lowest BCUT2D eigenvalue weighted by Crippen LogP contribution is -1.94. The van der Waals surface area contributed by atoms with Crippen molar-refractivity contribution >= 4 is 118 Å². The molecular weight excluding hydrogens is 821 g/mol. The third kappa shape index (κ3) is 4.18. The SMILES string of the molecule is c1ccc(-c2c3cccc4c5ccccc5c(c34)c3c4ccc5c6ccc7c8c(ccc(c9ccc(c23)c4c95)c86)-c2cc3c(-c4ccccn4)c4ccccc4c(-c4ccccn4)c3cc2-7)cc1. The molecule has 308 valence electrons. The van der Waals surface area contributed by atoms with Crippen molar-refractivity contribution < 1.29 is 0 Å². The van der Waals surface area contributed by atoms with Crippen LogP contribution in [-0.2, 0) is 0 Å². The molecule has 14 aromatic carbocycles. The van der Waals surface area contributed by atoms with E-state index >= 15 is 0 Å². The number of rotatable bonds is 3. The quantitative estimate of drug-likeness (QED) is 0.131. The molecule has 0 aliphatic heterocycles. The first kappa shape index (κ1) is 35.3. The van der Waals surface area contributed by atoms with Crippen LogP contribution in [-0.4, -0.2) is 9.97 Å². The Balaban J connectivity index is 1.00. The zero-order chi connectivity index (χ0) is 43.9. The summed E-state index contributed by atoms with van der Waals surface area (Å²) in [5, 5.41) is 28.9. The van der Waals surface area contributed by atoms with Gasteiger partial charge in [0.25, 0.3) is 0 Å². The van der Waals surface area contributed by atoms with Crippen LogP contribution >= 0.6 is 0 Å². The van der Waals surface area contributed by atoms with Crippen LogP contribution in [0.15, 0.2) is 207 Å². The van der Waals surface area contributed by atoms with Gasteiger partial charge in [-0.3, -0.25) is 9.97 Å². The fraction of sp³-hybridized carbons (Fsp3) is 0. The van der Waals surface area contributed by atoms with Crippen molar-refractivity contribution in [1.82, 2.24) is 9.97 Å². The Hall–Kier alpha value is -8.98. The maximum atomic E-state index is 4.98. The molecule has 0 N–H and O–H groups in total. The Morgan fingerprint density at radius 3 is 1.22 bits per heavy atom. The number of nitrogens with zero attached hydrogens (tertiary/aromatic N) is 2. The molecule has 2 heterocycles. The Kier molecular flexibility index (Phi) is 6.47. The standard InChI is InChI=1S/C66H34N2/c1-2-13-35(14-3-1)56-47-20-12-19-37-36-15-4-5-16-38(36)64(62(37)47)66-49-30-28-44-42-24-26-46-51-34-53-52(33-50(51)45-25-23-41(59(42)61(45)46)43-27-29-48(65(56)66)63(49)60(43)44)57(54-21-8-10-31-67-54)39-17-6-7-18-40(39)58(53)55-22-9-11-32-68-55/h1-34H. The highest BCUT2D eigenvalue weighted by Gasteiger charge is 2.30. The maximum Gasteiger partial charge on any atom is 0.0714 e. The van der Waals surface area contributed by atoms with Crippen molar-refractivity contribution in [3.8, 4) is 55.9 Å². The van der Waals surface area contributed by atoms with Crippen LogP contribution in [0.2, 0.25) is 0 Å². The van der Waals surface area contributed by atoms with Crippen LogP contribution in [0.4, 0.5) is 0 Å². The molecule has 2 heteroatoms. The average molecular weight is 855 g/mol. The molecule has 0 saturated carbocycles. The van der Waals surface area contributed by atoms with Gasteiger partial charge in [0.15, 0.2) is 0 Å². The summed E-state index contributed by atoms with van der Waals surface area (Å²) in [6.07, 6.45) is 3.82. The van der Waals surface area contributed by atoms with E-state index in [9.17, 15) is 0 Å². The zero-order valence-electron chi connectivity index (χ0n) is 36.5. The largest absolute Gasteiger partial charge is 0.256 e. The van der Waals surface area contributed by atoms with Crippen molar-refractivity contribution in [3.05, 3.63) is 207 Å². The van der Waals surface area contributed by atoms with Crippen molar-refractivity contribution in [3.63, 3.8) is 0 Å². The maximum absolute atomic E-state index is 4.98. The molecule has 2 aromatic heterocycles. The fourth-order valence-electron chi connectivity index (χ4n) is 13.4. The van der Waals surface area contributed by atoms with E-state index in [0.29, 0.717) is 0 Å². The molecule has 1 aliphatic rings. The molecule has 68 heavy (non-hydrogen) atoms. The first-order valence-electron chi connectivity index (χ1n) is 23.6. The van der Waals surface area contributed by atoms with Crippen LogP contribution in [0, 0.1) is 0 Å². The van der Waals surface area contributed by atoms with Gasteiger partial charge >= 0.3 is 0 Å². The van der Waals surface area contributed by atoms with Crippen molar-refractivity contribution in [2.45, 2.75) is 0 Å². The van der Waals surface area contributed by atoms with E-state index in [1.54, 1.807) is 0 Å². The smallest absolute Gasteiger partial charge is 0.0714 e. The molecule has 0 bridgehead atoms. The van der Waals surface area contributed by atoms with Gasteiger partial charge in [-0.25, -0.2) is 0 Å². The van der Waals surface area contributed by atoms with Gasteiger partial charge in [0, 0.05) is 23.5 Å². The fourth-order valence-corrected chi connectivity index (χ4v) is 13.4. The van der Waals surface area contributed by atoms with Gasteiger partial charge in [-0.15, -0.1) is 0 Å². The molecule has 0 radical (unpaired) electrons. The van der Waals surface area contributed by atoms with Crippen LogP contribution in [0.1, 0.15) is 0 Å². The molecule has 1 aliphatic carbocycles. The number of pyridine rings is 2. The van der Waals surface area contributed by atoms with Gasteiger partial charge in [0.05, 0.1) is 11.4 Å². The number of fused-ring (bicyclic) bond motifs is 14. The summed E-state index contributed by atoms with van der Waals surface area (Å²) in [6, 6.07) is 72.7. The summed E-state index contributed by atoms with van der Waals surface area (Å²) >= 11 is 0. The second-order valence-electron chi connectivity index (χ2n) is 19.0. The van der Waals surface area contributed by atoms with Gasteiger partial charge in [-0.05, 0) is 188 Å². The number of hydrogen-bond donors (Lipinski definition) is 0. The second-order valence-corrected chi connectivity index (χ2v) is 19.0. The first-order valence-corrected chi connectivity index (χ1v) is 23.6. The summed E-state index contributed by atoms with van der Waals surface area (Å²) in [7, 11) is 0. The minimum Gasteiger partial charge on any atom is -0.256 e. The highest BCUT2D eigenvalue weighted by molar-refractivity contribution is 6.51. The summed E-state index contributed by atoms with van der Waals surface area (Å²) in [5.74, 6) is 0. The third-order valence-electron chi connectivity index (χ3n) is 15.9. The monoisotopic (exact) mass is 854 g/mol. The average Bonchev–Trinajstić information content (AvgIpc) is 4.04. The Bertz CT molecular complexity index is 4700. The molecule has 0 unspecified atom stereocenters. The predicted molar refractivity (Wildman–Crippen MR) is 289 cm³/mol. The van der Waals surface area contributed by atoms with E-state index < -0.39 is 0 Å². The minimum atomic E-state index is 0.972. The summed E-state index contributed by atoms with van der Waals surface area (Å²) in [6.45, 7) is 0. The molecular formula is C66H34N2. The van der Waals surface area contributed by atoms with E-state index in [-0.39, 0.29) is 0 Å². The van der Waals surface area contributed by atoms with Crippen molar-refractivity contribution in [2.24, 2.45) is 0 Å². The number of benzene rings is 12. The van der Waals surface area contributed by atoms with E-state index in [0.717, 1.165) is 22.5 Å². The zero-order valence-corrected chi connectivity index (χ0v) is 36.5. The molecule has 0 fully saturated rings. The Morgan fingerprint density at radius 1 is 0.206 bits per heavy atom. The normalized spacial score (nSPS) is 12.7. The van der Waals surface area contributed by atoms with Gasteiger partial charge in [-0.1, -0.05) is 158 Å². The molecule has 17 rings (SSSR count). The molecule has 2 nitrogen and oxygen atoms in total. The number of aromatic nitrogens is 2. The summed E-state index contributed by atoms with van der Waals surface area (Å²) in [4.78, 5) is 9.95. The lowest BCUT2D eigenvalue weighted by molar-refractivity contribution is 1.33. The van der Waals surface area contributed by atoms with E-state index in [4.69, 9.17) is 9.97 Å². The Labute approximate surface area is 389 Å². The van der Waals surface area contributed by atoms with Crippen molar-refractivity contribution in [1.29, 1.82) is 0 Å². The number of hydrogen-bond acceptors (Lipinski definition) is 2. The topological polar surface area (TPSA) is 25.8 Å². The van der Waals surface area contributed by atoms with Gasteiger partial charge < -0.3 is 0 Å². The lowest BCUT2D eigenvalue weighted by Gasteiger charge is -2.18. The van der Waals surface area contributed by atoms with Crippen LogP contribution in [0.25, 0.3) is 174 Å². The Morgan fingerprint density at radius 2 is 0.618 bits per heavy atom. The highest BCUT2D eigenvalue weighted by atomic mass is 14.7. The van der Waals surface area contributed by atoms with Crippen molar-refractivity contribution in [2.75, 3.05) is 0 Å². The predicted octanol–water partition coefficient (Wildman–Crippen LogP) is 18.1. The summed E-state index contributed by atoms with van der Waals surface area (Å²) < 4.78 is 0. The van der Waals surface area contributed by atoms with Crippen LogP contribution < -0.4 is 0 Å². The molecule has 0 saturated heterocycles. The first-order chi connectivity index (χ1) is 33.8. The van der Waals surface area contributed by atoms with E-state index in [2.05, 4.69) is 182 Å². The van der Waals surface area contributed by atoms with Crippen LogP contribution in [0.5, 0.6) is 0 Å². The highest BCUT2D eigenvalue weighted by Crippen LogP contribution is 2.58. The lowest BCUT2D eigenvalue weighted by atomic mass is 9.86. The van der Waals surface area contributed by atoms with Crippen LogP contribution in [0.3, 0.4) is 0 Å². The molecule has 0 atom stereocenters. The summed E-state index contributed by atoms with van der Waals surface area (Å²) in [5.41, 5.74) is 12.0. The van der Waals surface area contributed by atoms with E-state index in [1.165, 1.54) is 152 Å². The second kappa shape index (κ2) is 12.5. The molecule has 16 aromatic rings. The van der Waals surface area contributed by atoms with E-state index in [1.807, 2.05) is 24.5 Å². The van der Waals surface area contributed by atoms with Gasteiger partial charge in [-0.2, -0.15) is 0 Å². The van der Waals surface area contributed by atoms with Gasteiger partial charge in [0.1, 0.15) is 0 Å². The third-order valence-corrected chi connectivity index (χ3v) is 15.9. The minimum absolute atomic E-state index is 0.972. The molecule has 0 spiro atoms. The molecule has 0 amide bonds.